The summed E-state index contributed by atoms with van der Waals surface area (Å²) in [5.74, 6) is 0. The highest BCUT2D eigenvalue weighted by molar-refractivity contribution is 6.46. The van der Waals surface area contributed by atoms with Crippen molar-refractivity contribution in [3.63, 3.8) is 0 Å². The van der Waals surface area contributed by atoms with Crippen molar-refractivity contribution in [2.24, 2.45) is 0 Å². The minimum Gasteiger partial charge on any atom is -0.258 e. The zero-order valence-electron chi connectivity index (χ0n) is 9.03. The summed E-state index contributed by atoms with van der Waals surface area (Å²) in [7, 11) is 0. The van der Waals surface area contributed by atoms with E-state index < -0.39 is 4.92 Å². The first-order chi connectivity index (χ1) is 8.91. The quantitative estimate of drug-likeness (QED) is 0.324. The molecule has 1 aromatic carbocycles. The minimum atomic E-state index is -0.634. The van der Waals surface area contributed by atoms with Crippen molar-refractivity contribution in [3.05, 3.63) is 54.7 Å². The second-order valence-electron chi connectivity index (χ2n) is 3.51. The number of rotatable bonds is 2. The van der Waals surface area contributed by atoms with Crippen LogP contribution >= 0.6 is 46.4 Å². The van der Waals surface area contributed by atoms with Gasteiger partial charge in [-0.05, 0) is 12.1 Å². The van der Waals surface area contributed by atoms with Crippen molar-refractivity contribution in [2.75, 3.05) is 0 Å². The van der Waals surface area contributed by atoms with Crippen LogP contribution in [0.2, 0.25) is 20.2 Å². The number of aromatic nitrogens is 1. The zero-order valence-corrected chi connectivity index (χ0v) is 12.1. The number of halogens is 4. The minimum absolute atomic E-state index is 0.201. The molecule has 98 valence electrons. The van der Waals surface area contributed by atoms with E-state index in [0.29, 0.717) is 21.2 Å². The Labute approximate surface area is 128 Å². The fraction of sp³-hybridized carbons (Fsp3) is 0. The van der Waals surface area contributed by atoms with Gasteiger partial charge in [-0.1, -0.05) is 46.4 Å². The highest BCUT2D eigenvalue weighted by Gasteiger charge is 2.18. The maximum Gasteiger partial charge on any atom is 0.307 e. The van der Waals surface area contributed by atoms with Crippen molar-refractivity contribution < 1.29 is 4.92 Å². The first-order valence-corrected chi connectivity index (χ1v) is 6.37. The molecule has 0 amide bonds. The van der Waals surface area contributed by atoms with Gasteiger partial charge in [0, 0.05) is 23.4 Å². The van der Waals surface area contributed by atoms with Gasteiger partial charge in [0.15, 0.2) is 0 Å². The third-order valence-electron chi connectivity index (χ3n) is 2.35. The Morgan fingerprint density at radius 1 is 1.11 bits per heavy atom. The molecule has 8 heteroatoms. The van der Waals surface area contributed by atoms with Crippen LogP contribution in [-0.4, -0.2) is 9.91 Å². The molecule has 2 aromatic rings. The van der Waals surface area contributed by atoms with E-state index in [9.17, 15) is 10.1 Å². The Bertz CT molecular complexity index is 676. The molecule has 0 fully saturated rings. The van der Waals surface area contributed by atoms with Crippen LogP contribution in [0.3, 0.4) is 0 Å². The Hall–Kier alpha value is -1.07. The summed E-state index contributed by atoms with van der Waals surface area (Å²) >= 11 is 23.6. The average molecular weight is 338 g/mol. The normalized spacial score (nSPS) is 10.5. The molecule has 1 aromatic heterocycles. The molecule has 4 nitrogen and oxygen atoms in total. The van der Waals surface area contributed by atoms with Crippen LogP contribution in [0.25, 0.3) is 11.1 Å². The van der Waals surface area contributed by atoms with Gasteiger partial charge in [-0.15, -0.1) is 0 Å². The highest BCUT2D eigenvalue weighted by Crippen LogP contribution is 2.40. The fourth-order valence-electron chi connectivity index (χ4n) is 1.49. The van der Waals surface area contributed by atoms with Crippen molar-refractivity contribution in [3.8, 4) is 11.1 Å². The standard InChI is InChI=1S/C11H4Cl4N2O2/c12-6-1-2-7(13)10(14)9(6)5-3-8(17(18)19)11(15)16-4-5/h1-4H. The lowest BCUT2D eigenvalue weighted by atomic mass is 10.1. The molecular formula is C11H4Cl4N2O2. The summed E-state index contributed by atoms with van der Waals surface area (Å²) < 4.78 is 0. The largest absolute Gasteiger partial charge is 0.307 e. The summed E-state index contributed by atoms with van der Waals surface area (Å²) in [6.45, 7) is 0. The maximum atomic E-state index is 10.8. The summed E-state index contributed by atoms with van der Waals surface area (Å²) in [5, 5.41) is 11.4. The van der Waals surface area contributed by atoms with Crippen molar-refractivity contribution >= 4 is 52.1 Å². The van der Waals surface area contributed by atoms with Crippen molar-refractivity contribution in [1.29, 1.82) is 0 Å². The molecule has 0 spiro atoms. The number of benzene rings is 1. The molecule has 0 saturated heterocycles. The average Bonchev–Trinajstić information content (AvgIpc) is 2.36. The van der Waals surface area contributed by atoms with E-state index in [1.807, 2.05) is 0 Å². The van der Waals surface area contributed by atoms with Gasteiger partial charge < -0.3 is 0 Å². The van der Waals surface area contributed by atoms with Crippen LogP contribution in [0.4, 0.5) is 5.69 Å². The topological polar surface area (TPSA) is 56.0 Å². The molecule has 0 aliphatic carbocycles. The summed E-state index contributed by atoms with van der Waals surface area (Å²) in [6.07, 6.45) is 1.35. The smallest absolute Gasteiger partial charge is 0.258 e. The highest BCUT2D eigenvalue weighted by atomic mass is 35.5. The zero-order chi connectivity index (χ0) is 14.2. The van der Waals surface area contributed by atoms with Crippen LogP contribution in [0.5, 0.6) is 0 Å². The van der Waals surface area contributed by atoms with Crippen molar-refractivity contribution in [2.45, 2.75) is 0 Å². The van der Waals surface area contributed by atoms with Gasteiger partial charge in [-0.25, -0.2) is 4.98 Å². The SMILES string of the molecule is O=[N+]([O-])c1cc(-c2c(Cl)ccc(Cl)c2Cl)cnc1Cl. The van der Waals surface area contributed by atoms with Gasteiger partial charge in [0.25, 0.3) is 0 Å². The van der Waals surface area contributed by atoms with Gasteiger partial charge in [0.1, 0.15) is 0 Å². The van der Waals surface area contributed by atoms with Crippen molar-refractivity contribution in [1.82, 2.24) is 4.98 Å². The number of hydrogen-bond donors (Lipinski definition) is 0. The molecule has 2 rings (SSSR count). The van der Waals surface area contributed by atoms with E-state index in [4.69, 9.17) is 46.4 Å². The van der Waals surface area contributed by atoms with E-state index in [-0.39, 0.29) is 15.9 Å². The molecular weight excluding hydrogens is 334 g/mol. The maximum absolute atomic E-state index is 10.8. The van der Waals surface area contributed by atoms with Crippen LogP contribution in [0, 0.1) is 10.1 Å². The van der Waals surface area contributed by atoms with Crippen LogP contribution in [0.1, 0.15) is 0 Å². The third-order valence-corrected chi connectivity index (χ3v) is 3.76. The number of hydrogen-bond acceptors (Lipinski definition) is 3. The number of nitro groups is 1. The van der Waals surface area contributed by atoms with E-state index in [0.717, 1.165) is 0 Å². The summed E-state index contributed by atoms with van der Waals surface area (Å²) in [6, 6.07) is 4.33. The van der Waals surface area contributed by atoms with Crippen LogP contribution in [-0.2, 0) is 0 Å². The first kappa shape index (κ1) is 14.3. The Morgan fingerprint density at radius 3 is 2.37 bits per heavy atom. The van der Waals surface area contributed by atoms with E-state index in [2.05, 4.69) is 4.98 Å². The van der Waals surface area contributed by atoms with Gasteiger partial charge >= 0.3 is 5.69 Å². The molecule has 0 N–H and O–H groups in total. The van der Waals surface area contributed by atoms with E-state index in [1.54, 1.807) is 6.07 Å². The van der Waals surface area contributed by atoms with Gasteiger partial charge in [0.05, 0.1) is 20.0 Å². The number of nitrogens with zero attached hydrogens (tertiary/aromatic N) is 2. The molecule has 0 radical (unpaired) electrons. The van der Waals surface area contributed by atoms with Gasteiger partial charge in [-0.3, -0.25) is 10.1 Å². The van der Waals surface area contributed by atoms with E-state index >= 15 is 0 Å². The molecule has 0 atom stereocenters. The monoisotopic (exact) mass is 336 g/mol. The Morgan fingerprint density at radius 2 is 1.74 bits per heavy atom. The predicted octanol–water partition coefficient (Wildman–Crippen LogP) is 5.27. The molecule has 19 heavy (non-hydrogen) atoms. The molecule has 0 unspecified atom stereocenters. The Kier molecular flexibility index (Phi) is 4.16. The third kappa shape index (κ3) is 2.77. The summed E-state index contributed by atoms with van der Waals surface area (Å²) in [4.78, 5) is 13.9. The molecule has 0 aliphatic rings. The molecule has 0 saturated carbocycles. The molecule has 1 heterocycles. The Balaban J connectivity index is 2.70. The first-order valence-electron chi connectivity index (χ1n) is 4.85. The van der Waals surface area contributed by atoms with Crippen LogP contribution in [0.15, 0.2) is 24.4 Å². The summed E-state index contributed by atoms with van der Waals surface area (Å²) in [5.41, 5.74) is 0.419. The number of pyridine rings is 1. The molecule has 0 bridgehead atoms. The van der Waals surface area contributed by atoms with Gasteiger partial charge in [-0.2, -0.15) is 0 Å². The molecule has 0 aliphatic heterocycles. The van der Waals surface area contributed by atoms with E-state index in [1.165, 1.54) is 18.3 Å². The second kappa shape index (κ2) is 5.51. The fourth-order valence-corrected chi connectivity index (χ4v) is 2.41. The predicted molar refractivity (Wildman–Crippen MR) is 76.4 cm³/mol. The lowest BCUT2D eigenvalue weighted by Gasteiger charge is -2.08. The van der Waals surface area contributed by atoms with Crippen LogP contribution < -0.4 is 0 Å². The second-order valence-corrected chi connectivity index (χ2v) is 5.06. The lowest BCUT2D eigenvalue weighted by Crippen LogP contribution is -1.93. The van der Waals surface area contributed by atoms with Gasteiger partial charge in [0.2, 0.25) is 5.15 Å². The lowest BCUT2D eigenvalue weighted by molar-refractivity contribution is -0.385.